The summed E-state index contributed by atoms with van der Waals surface area (Å²) in [6, 6.07) is 6.10. The molecule has 0 saturated heterocycles. The minimum atomic E-state index is -4.13. The summed E-state index contributed by atoms with van der Waals surface area (Å²) < 4.78 is 34.8. The SMILES string of the molecule is O=C(NS(=O)(=O)CF)c1ccccc1. The van der Waals surface area contributed by atoms with E-state index in [9.17, 15) is 17.6 Å². The largest absolute Gasteiger partial charge is 0.268 e. The number of carbonyl (C=O) groups is 1. The van der Waals surface area contributed by atoms with Gasteiger partial charge in [0.15, 0.2) is 0 Å². The monoisotopic (exact) mass is 217 g/mol. The Kier molecular flexibility index (Phi) is 3.19. The minimum Gasteiger partial charge on any atom is -0.268 e. The zero-order valence-electron chi connectivity index (χ0n) is 7.10. The van der Waals surface area contributed by atoms with E-state index >= 15 is 0 Å². The van der Waals surface area contributed by atoms with Gasteiger partial charge in [-0.05, 0) is 12.1 Å². The standard InChI is InChI=1S/C8H8FNO3S/c9-6-14(12,13)10-8(11)7-4-2-1-3-5-7/h1-5H,6H2,(H,10,11). The lowest BCUT2D eigenvalue weighted by Crippen LogP contribution is -2.31. The van der Waals surface area contributed by atoms with Crippen LogP contribution in [0, 0.1) is 0 Å². The highest BCUT2D eigenvalue weighted by Gasteiger charge is 2.14. The smallest absolute Gasteiger partial charge is 0.264 e. The summed E-state index contributed by atoms with van der Waals surface area (Å²) in [4.78, 5) is 11.2. The molecule has 0 aliphatic carbocycles. The quantitative estimate of drug-likeness (QED) is 0.809. The van der Waals surface area contributed by atoms with Crippen LogP contribution in [0.1, 0.15) is 10.4 Å². The second kappa shape index (κ2) is 4.19. The van der Waals surface area contributed by atoms with E-state index in [1.54, 1.807) is 22.9 Å². The summed E-state index contributed by atoms with van der Waals surface area (Å²) in [6.07, 6.45) is 0. The Bertz CT molecular complexity index is 415. The number of alkyl halides is 1. The van der Waals surface area contributed by atoms with Crippen molar-refractivity contribution in [2.75, 3.05) is 6.01 Å². The lowest BCUT2D eigenvalue weighted by molar-refractivity contribution is 0.0981. The first-order valence-electron chi connectivity index (χ1n) is 3.71. The van der Waals surface area contributed by atoms with Crippen molar-refractivity contribution in [2.45, 2.75) is 0 Å². The maximum Gasteiger partial charge on any atom is 0.264 e. The van der Waals surface area contributed by atoms with Gasteiger partial charge in [0.05, 0.1) is 0 Å². The van der Waals surface area contributed by atoms with Crippen molar-refractivity contribution in [2.24, 2.45) is 0 Å². The minimum absolute atomic E-state index is 0.171. The fraction of sp³-hybridized carbons (Fsp3) is 0.125. The van der Waals surface area contributed by atoms with Gasteiger partial charge < -0.3 is 0 Å². The maximum atomic E-state index is 11.8. The van der Waals surface area contributed by atoms with Gasteiger partial charge in [-0.3, -0.25) is 4.79 Å². The number of rotatable bonds is 3. The van der Waals surface area contributed by atoms with Crippen molar-refractivity contribution in [3.8, 4) is 0 Å². The molecule has 6 heteroatoms. The molecule has 0 unspecified atom stereocenters. The summed E-state index contributed by atoms with van der Waals surface area (Å²) in [5, 5.41) is 0. The van der Waals surface area contributed by atoms with Gasteiger partial charge in [-0.2, -0.15) is 0 Å². The lowest BCUT2D eigenvalue weighted by Gasteiger charge is -2.02. The van der Waals surface area contributed by atoms with Crippen molar-refractivity contribution in [3.05, 3.63) is 35.9 Å². The molecule has 4 nitrogen and oxygen atoms in total. The topological polar surface area (TPSA) is 63.2 Å². The van der Waals surface area contributed by atoms with Crippen molar-refractivity contribution >= 4 is 15.9 Å². The van der Waals surface area contributed by atoms with Crippen LogP contribution in [-0.2, 0) is 10.0 Å². The van der Waals surface area contributed by atoms with Gasteiger partial charge in [0.1, 0.15) is 0 Å². The van der Waals surface area contributed by atoms with E-state index in [1.165, 1.54) is 12.1 Å². The predicted octanol–water partition coefficient (Wildman–Crippen LogP) is 0.673. The second-order valence-corrected chi connectivity index (χ2v) is 4.17. The Labute approximate surface area is 80.8 Å². The molecule has 1 N–H and O–H groups in total. The molecule has 0 bridgehead atoms. The summed E-state index contributed by atoms with van der Waals surface area (Å²) in [5.74, 6) is -0.830. The molecule has 0 radical (unpaired) electrons. The van der Waals surface area contributed by atoms with Gasteiger partial charge >= 0.3 is 0 Å². The van der Waals surface area contributed by atoms with Gasteiger partial charge in [0.25, 0.3) is 15.9 Å². The fourth-order valence-electron chi connectivity index (χ4n) is 0.817. The number of benzene rings is 1. The Hall–Kier alpha value is -1.43. The molecule has 0 aliphatic rings. The molecular formula is C8H8FNO3S. The van der Waals surface area contributed by atoms with E-state index < -0.39 is 21.9 Å². The van der Waals surface area contributed by atoms with Crippen molar-refractivity contribution in [3.63, 3.8) is 0 Å². The highest BCUT2D eigenvalue weighted by molar-refractivity contribution is 7.89. The number of carbonyl (C=O) groups excluding carboxylic acids is 1. The first-order chi connectivity index (χ1) is 6.55. The molecule has 1 aromatic rings. The van der Waals surface area contributed by atoms with Crippen LogP contribution in [-0.4, -0.2) is 20.3 Å². The van der Waals surface area contributed by atoms with E-state index in [0.717, 1.165) is 0 Å². The van der Waals surface area contributed by atoms with Gasteiger partial charge in [0.2, 0.25) is 6.01 Å². The van der Waals surface area contributed by atoms with E-state index in [1.807, 2.05) is 0 Å². The lowest BCUT2D eigenvalue weighted by atomic mass is 10.2. The molecule has 0 aliphatic heterocycles. The highest BCUT2D eigenvalue weighted by atomic mass is 32.2. The number of hydrogen-bond donors (Lipinski definition) is 1. The molecule has 0 spiro atoms. The zero-order chi connectivity index (χ0) is 10.6. The highest BCUT2D eigenvalue weighted by Crippen LogP contribution is 1.99. The average molecular weight is 217 g/mol. The molecule has 0 aromatic heterocycles. The van der Waals surface area contributed by atoms with Gasteiger partial charge in [0, 0.05) is 5.56 Å². The molecule has 0 atom stereocenters. The molecule has 0 heterocycles. The van der Waals surface area contributed by atoms with Crippen LogP contribution in [0.5, 0.6) is 0 Å². The van der Waals surface area contributed by atoms with Crippen LogP contribution >= 0.6 is 0 Å². The number of amides is 1. The summed E-state index contributed by atoms with van der Waals surface area (Å²) >= 11 is 0. The van der Waals surface area contributed by atoms with Gasteiger partial charge in [-0.15, -0.1) is 0 Å². The van der Waals surface area contributed by atoms with Crippen molar-refractivity contribution in [1.82, 2.24) is 4.72 Å². The van der Waals surface area contributed by atoms with Crippen LogP contribution < -0.4 is 4.72 Å². The van der Waals surface area contributed by atoms with E-state index in [2.05, 4.69) is 0 Å². The normalized spacial score (nSPS) is 10.9. The Morgan fingerprint density at radius 2 is 1.86 bits per heavy atom. The van der Waals surface area contributed by atoms with E-state index in [-0.39, 0.29) is 5.56 Å². The Morgan fingerprint density at radius 1 is 1.29 bits per heavy atom. The molecule has 1 rings (SSSR count). The number of hydrogen-bond acceptors (Lipinski definition) is 3. The third kappa shape index (κ3) is 2.81. The molecule has 14 heavy (non-hydrogen) atoms. The molecule has 1 amide bonds. The fourth-order valence-corrected chi connectivity index (χ4v) is 1.27. The first-order valence-corrected chi connectivity index (χ1v) is 5.36. The molecule has 76 valence electrons. The molecule has 0 fully saturated rings. The second-order valence-electron chi connectivity index (χ2n) is 2.52. The molecule has 1 aromatic carbocycles. The van der Waals surface area contributed by atoms with Crippen LogP contribution in [0.2, 0.25) is 0 Å². The molecular weight excluding hydrogens is 209 g/mol. The number of sulfonamides is 1. The number of halogens is 1. The van der Waals surface area contributed by atoms with Crippen LogP contribution in [0.3, 0.4) is 0 Å². The summed E-state index contributed by atoms with van der Waals surface area (Å²) in [7, 11) is -4.13. The first kappa shape index (κ1) is 10.6. The third-order valence-corrected chi connectivity index (χ3v) is 2.21. The zero-order valence-corrected chi connectivity index (χ0v) is 7.92. The summed E-state index contributed by atoms with van der Waals surface area (Å²) in [5.41, 5.74) is 0.171. The van der Waals surface area contributed by atoms with Crippen LogP contribution in [0.25, 0.3) is 0 Å². The van der Waals surface area contributed by atoms with Crippen LogP contribution in [0.15, 0.2) is 30.3 Å². The van der Waals surface area contributed by atoms with Gasteiger partial charge in [-0.1, -0.05) is 18.2 Å². The Balaban J connectivity index is 2.79. The average Bonchev–Trinajstić information content (AvgIpc) is 2.19. The Morgan fingerprint density at radius 3 is 2.36 bits per heavy atom. The van der Waals surface area contributed by atoms with Gasteiger partial charge in [-0.25, -0.2) is 17.5 Å². The predicted molar refractivity (Wildman–Crippen MR) is 48.8 cm³/mol. The summed E-state index contributed by atoms with van der Waals surface area (Å²) in [6.45, 7) is 0. The van der Waals surface area contributed by atoms with E-state index in [4.69, 9.17) is 0 Å². The van der Waals surface area contributed by atoms with E-state index in [0.29, 0.717) is 0 Å². The number of nitrogens with one attached hydrogen (secondary N) is 1. The third-order valence-electron chi connectivity index (χ3n) is 1.43. The van der Waals surface area contributed by atoms with Crippen LogP contribution in [0.4, 0.5) is 4.39 Å². The maximum absolute atomic E-state index is 11.8. The van der Waals surface area contributed by atoms with Crippen molar-refractivity contribution < 1.29 is 17.6 Å². The molecule has 0 saturated carbocycles. The van der Waals surface area contributed by atoms with Crippen molar-refractivity contribution in [1.29, 1.82) is 0 Å².